The van der Waals surface area contributed by atoms with E-state index in [1.807, 2.05) is 24.3 Å². The van der Waals surface area contributed by atoms with Crippen molar-refractivity contribution >= 4 is 11.3 Å². The quantitative estimate of drug-likeness (QED) is 0.603. The van der Waals surface area contributed by atoms with Gasteiger partial charge in [0, 0.05) is 11.3 Å². The zero-order valence-electron chi connectivity index (χ0n) is 15.8. The summed E-state index contributed by atoms with van der Waals surface area (Å²) in [5.74, 6) is 0.405. The minimum Gasteiger partial charge on any atom is -0.398 e. The molecule has 0 aliphatic heterocycles. The van der Waals surface area contributed by atoms with E-state index in [9.17, 15) is 13.2 Å². The van der Waals surface area contributed by atoms with Crippen molar-refractivity contribution in [2.45, 2.75) is 39.8 Å². The third-order valence-corrected chi connectivity index (χ3v) is 5.15. The van der Waals surface area contributed by atoms with Gasteiger partial charge < -0.3 is 5.73 Å². The summed E-state index contributed by atoms with van der Waals surface area (Å²) in [7, 11) is 0. The second-order valence-electron chi connectivity index (χ2n) is 7.43. The van der Waals surface area contributed by atoms with Crippen LogP contribution in [0.5, 0.6) is 0 Å². The molecule has 27 heavy (non-hydrogen) atoms. The number of rotatable bonds is 1. The number of allylic oxidation sites excluding steroid dienone is 2. The Hall–Kier alpha value is -2.49. The molecule has 4 heteroatoms. The predicted octanol–water partition coefficient (Wildman–Crippen LogP) is 6.57. The van der Waals surface area contributed by atoms with Crippen LogP contribution in [-0.4, -0.2) is 0 Å². The van der Waals surface area contributed by atoms with Crippen molar-refractivity contribution in [1.82, 2.24) is 0 Å². The van der Waals surface area contributed by atoms with Gasteiger partial charge in [0.05, 0.1) is 5.56 Å². The summed E-state index contributed by atoms with van der Waals surface area (Å²) in [6.45, 7) is 5.98. The van der Waals surface area contributed by atoms with Crippen LogP contribution >= 0.6 is 0 Å². The van der Waals surface area contributed by atoms with Gasteiger partial charge in [-0.1, -0.05) is 48.9 Å². The van der Waals surface area contributed by atoms with Crippen LogP contribution in [0, 0.1) is 12.8 Å². The van der Waals surface area contributed by atoms with Crippen molar-refractivity contribution in [3.63, 3.8) is 0 Å². The first-order chi connectivity index (χ1) is 12.7. The van der Waals surface area contributed by atoms with E-state index in [0.717, 1.165) is 35.1 Å². The third kappa shape index (κ3) is 3.95. The fraction of sp³-hybridized carbons (Fsp3) is 0.304. The maximum Gasteiger partial charge on any atom is 0.416 e. The van der Waals surface area contributed by atoms with Crippen LogP contribution in [0.1, 0.15) is 54.5 Å². The number of fused-ring (bicyclic) bond motifs is 1. The van der Waals surface area contributed by atoms with Crippen molar-refractivity contribution in [2.75, 3.05) is 0 Å². The van der Waals surface area contributed by atoms with Crippen LogP contribution in [0.3, 0.4) is 0 Å². The van der Waals surface area contributed by atoms with E-state index < -0.39 is 11.7 Å². The molecule has 1 unspecified atom stereocenters. The topological polar surface area (TPSA) is 26.0 Å². The molecule has 0 saturated heterocycles. The molecule has 1 aliphatic carbocycles. The second-order valence-corrected chi connectivity index (χ2v) is 7.43. The Morgan fingerprint density at radius 1 is 0.963 bits per heavy atom. The monoisotopic (exact) mass is 371 g/mol. The van der Waals surface area contributed by atoms with E-state index in [0.29, 0.717) is 17.2 Å². The number of alkyl halides is 3. The van der Waals surface area contributed by atoms with Crippen molar-refractivity contribution < 1.29 is 13.2 Å². The highest BCUT2D eigenvalue weighted by Gasteiger charge is 2.31. The smallest absolute Gasteiger partial charge is 0.398 e. The highest BCUT2D eigenvalue weighted by atomic mass is 19.4. The Balaban J connectivity index is 2.26. The Labute approximate surface area is 158 Å². The molecule has 0 heterocycles. The van der Waals surface area contributed by atoms with Crippen molar-refractivity contribution in [3.05, 3.63) is 81.9 Å². The number of halogens is 3. The van der Waals surface area contributed by atoms with Gasteiger partial charge in [0.25, 0.3) is 0 Å². The van der Waals surface area contributed by atoms with Gasteiger partial charge in [0.15, 0.2) is 0 Å². The molecular weight excluding hydrogens is 347 g/mol. The maximum absolute atomic E-state index is 13.1. The standard InChI is InChI=1S/C23H24F3N/c1-14-8-11-21(27)19-6-4-5-7-20(19)22(16(3)12-14)18-10-9-17(13-15(18)2)23(24,25)26/h4-7,9-11,13-14H,8,12,27H2,1-3H3/b21-11+,22-16-. The number of aryl methyl sites for hydroxylation is 1. The molecule has 0 bridgehead atoms. The Morgan fingerprint density at radius 3 is 2.26 bits per heavy atom. The highest BCUT2D eigenvalue weighted by Crippen LogP contribution is 2.39. The lowest BCUT2D eigenvalue weighted by Crippen LogP contribution is -2.07. The molecular formula is C23H24F3N. The van der Waals surface area contributed by atoms with Crippen LogP contribution in [0.4, 0.5) is 13.2 Å². The molecule has 1 atom stereocenters. The molecule has 0 saturated carbocycles. The van der Waals surface area contributed by atoms with E-state index in [4.69, 9.17) is 5.73 Å². The zero-order chi connectivity index (χ0) is 19.8. The molecule has 2 aromatic rings. The van der Waals surface area contributed by atoms with Gasteiger partial charge >= 0.3 is 6.18 Å². The van der Waals surface area contributed by atoms with Gasteiger partial charge in [-0.05, 0) is 67.0 Å². The van der Waals surface area contributed by atoms with Gasteiger partial charge in [0.2, 0.25) is 0 Å². The van der Waals surface area contributed by atoms with Gasteiger partial charge in [0.1, 0.15) is 0 Å². The summed E-state index contributed by atoms with van der Waals surface area (Å²) in [6.07, 6.45) is -0.547. The van der Waals surface area contributed by atoms with Crippen LogP contribution in [0.25, 0.3) is 11.3 Å². The molecule has 0 amide bonds. The molecule has 0 fully saturated rings. The number of hydrogen-bond acceptors (Lipinski definition) is 1. The summed E-state index contributed by atoms with van der Waals surface area (Å²) >= 11 is 0. The SMILES string of the molecule is C/C1=C(\c2ccc(C(F)(F)F)cc2C)c2ccccc2/C(N)=C\CC(C)C1. The van der Waals surface area contributed by atoms with E-state index in [2.05, 4.69) is 19.9 Å². The Bertz CT molecular complexity index is 919. The van der Waals surface area contributed by atoms with Crippen molar-refractivity contribution in [1.29, 1.82) is 0 Å². The largest absolute Gasteiger partial charge is 0.416 e. The van der Waals surface area contributed by atoms with Crippen LogP contribution < -0.4 is 5.73 Å². The summed E-state index contributed by atoms with van der Waals surface area (Å²) in [5, 5.41) is 0. The molecule has 0 radical (unpaired) electrons. The van der Waals surface area contributed by atoms with E-state index in [1.54, 1.807) is 13.0 Å². The third-order valence-electron chi connectivity index (χ3n) is 5.15. The first kappa shape index (κ1) is 19.3. The normalized spacial score (nSPS) is 22.9. The molecule has 3 rings (SSSR count). The predicted molar refractivity (Wildman–Crippen MR) is 105 cm³/mol. The average molecular weight is 371 g/mol. The van der Waals surface area contributed by atoms with E-state index in [1.165, 1.54) is 17.7 Å². The first-order valence-corrected chi connectivity index (χ1v) is 9.12. The number of benzene rings is 2. The zero-order valence-corrected chi connectivity index (χ0v) is 15.8. The molecule has 142 valence electrons. The van der Waals surface area contributed by atoms with Crippen LogP contribution in [0.2, 0.25) is 0 Å². The molecule has 0 spiro atoms. The lowest BCUT2D eigenvalue weighted by atomic mass is 9.85. The minimum absolute atomic E-state index is 0.405. The minimum atomic E-state index is -4.34. The first-order valence-electron chi connectivity index (χ1n) is 9.12. The van der Waals surface area contributed by atoms with Crippen molar-refractivity contribution in [2.24, 2.45) is 11.7 Å². The van der Waals surface area contributed by atoms with Gasteiger partial charge in [-0.15, -0.1) is 0 Å². The average Bonchev–Trinajstić information content (AvgIpc) is 2.64. The van der Waals surface area contributed by atoms with Gasteiger partial charge in [-0.2, -0.15) is 13.2 Å². The summed E-state index contributed by atoms with van der Waals surface area (Å²) in [6, 6.07) is 11.9. The fourth-order valence-electron chi connectivity index (χ4n) is 3.82. The maximum atomic E-state index is 13.1. The van der Waals surface area contributed by atoms with Gasteiger partial charge in [-0.3, -0.25) is 0 Å². The lowest BCUT2D eigenvalue weighted by Gasteiger charge is -2.20. The number of nitrogens with two attached hydrogens (primary N) is 1. The second kappa shape index (κ2) is 7.26. The molecule has 1 nitrogen and oxygen atoms in total. The van der Waals surface area contributed by atoms with E-state index in [-0.39, 0.29) is 0 Å². The lowest BCUT2D eigenvalue weighted by molar-refractivity contribution is -0.137. The fourth-order valence-corrected chi connectivity index (χ4v) is 3.82. The number of hydrogen-bond donors (Lipinski definition) is 1. The van der Waals surface area contributed by atoms with Crippen molar-refractivity contribution in [3.8, 4) is 0 Å². The Kier molecular flexibility index (Phi) is 5.18. The molecule has 0 aromatic heterocycles. The van der Waals surface area contributed by atoms with E-state index >= 15 is 0 Å². The van der Waals surface area contributed by atoms with Gasteiger partial charge in [-0.25, -0.2) is 0 Å². The summed E-state index contributed by atoms with van der Waals surface area (Å²) in [5.41, 5.74) is 11.9. The van der Waals surface area contributed by atoms with Crippen LogP contribution in [-0.2, 0) is 6.18 Å². The highest BCUT2D eigenvalue weighted by molar-refractivity contribution is 5.89. The molecule has 2 N–H and O–H groups in total. The summed E-state index contributed by atoms with van der Waals surface area (Å²) < 4.78 is 39.3. The molecule has 1 aliphatic rings. The van der Waals surface area contributed by atoms with Crippen LogP contribution in [0.15, 0.2) is 54.1 Å². The Morgan fingerprint density at radius 2 is 1.63 bits per heavy atom. The summed E-state index contributed by atoms with van der Waals surface area (Å²) in [4.78, 5) is 0. The molecule has 2 aromatic carbocycles.